The first-order chi connectivity index (χ1) is 6.31. The third kappa shape index (κ3) is 1.65. The van der Waals surface area contributed by atoms with Gasteiger partial charge in [-0.3, -0.25) is 0 Å². The van der Waals surface area contributed by atoms with Crippen LogP contribution in [0.15, 0.2) is 18.2 Å². The number of hydrogen-bond acceptors (Lipinski definition) is 2. The van der Waals surface area contributed by atoms with Crippen LogP contribution in [0, 0.1) is 17.2 Å². The summed E-state index contributed by atoms with van der Waals surface area (Å²) in [5.41, 5.74) is 1.31. The smallest absolute Gasteiger partial charge is 0.136 e. The van der Waals surface area contributed by atoms with E-state index in [1.165, 1.54) is 12.8 Å². The second-order valence-corrected chi connectivity index (χ2v) is 3.57. The summed E-state index contributed by atoms with van der Waals surface area (Å²) in [7, 11) is 0. The molecule has 0 amide bonds. The van der Waals surface area contributed by atoms with Gasteiger partial charge in [0.25, 0.3) is 0 Å². The zero-order valence-corrected chi connectivity index (χ0v) is 7.33. The number of nitrogens with zero attached hydrogens (tertiary/aromatic N) is 1. The molecular weight excluding hydrogens is 162 g/mol. The molecule has 2 nitrogen and oxygen atoms in total. The highest BCUT2D eigenvalue weighted by atomic mass is 16.3. The molecule has 0 atom stereocenters. The van der Waals surface area contributed by atoms with Gasteiger partial charge in [-0.1, -0.05) is 12.1 Å². The average molecular weight is 173 g/mol. The van der Waals surface area contributed by atoms with Crippen molar-refractivity contribution in [1.29, 1.82) is 5.26 Å². The Bertz CT molecular complexity index is 361. The van der Waals surface area contributed by atoms with E-state index in [-0.39, 0.29) is 5.75 Å². The molecular formula is C11H11NO. The molecule has 0 unspecified atom stereocenters. The number of hydrogen-bond donors (Lipinski definition) is 1. The van der Waals surface area contributed by atoms with Crippen molar-refractivity contribution in [2.24, 2.45) is 5.92 Å². The maximum atomic E-state index is 9.64. The second-order valence-electron chi connectivity index (χ2n) is 3.57. The molecule has 0 heterocycles. The molecule has 0 spiro atoms. The van der Waals surface area contributed by atoms with Gasteiger partial charge in [0.15, 0.2) is 0 Å². The Morgan fingerprint density at radius 1 is 1.46 bits per heavy atom. The van der Waals surface area contributed by atoms with E-state index in [1.807, 2.05) is 18.2 Å². The van der Waals surface area contributed by atoms with Crippen LogP contribution in [0.25, 0.3) is 0 Å². The Balaban J connectivity index is 2.28. The standard InChI is InChI=1S/C11H11NO/c12-7-10-3-1-2-9(11(10)13)6-8-4-5-8/h1-3,8,13H,4-6H2. The van der Waals surface area contributed by atoms with Gasteiger partial charge >= 0.3 is 0 Å². The lowest BCUT2D eigenvalue weighted by Gasteiger charge is -2.03. The Hall–Kier alpha value is -1.49. The maximum Gasteiger partial charge on any atom is 0.136 e. The average Bonchev–Trinajstić information content (AvgIpc) is 2.92. The summed E-state index contributed by atoms with van der Waals surface area (Å²) in [4.78, 5) is 0. The Labute approximate surface area is 77.4 Å². The summed E-state index contributed by atoms with van der Waals surface area (Å²) in [6.45, 7) is 0. The summed E-state index contributed by atoms with van der Waals surface area (Å²) in [5, 5.41) is 18.3. The predicted molar refractivity (Wildman–Crippen MR) is 49.2 cm³/mol. The van der Waals surface area contributed by atoms with E-state index in [9.17, 15) is 5.11 Å². The number of phenolic OH excluding ortho intramolecular Hbond substituents is 1. The van der Waals surface area contributed by atoms with E-state index < -0.39 is 0 Å². The highest BCUT2D eigenvalue weighted by Crippen LogP contribution is 2.35. The minimum atomic E-state index is 0.178. The first-order valence-electron chi connectivity index (χ1n) is 4.52. The van der Waals surface area contributed by atoms with Crippen molar-refractivity contribution in [1.82, 2.24) is 0 Å². The largest absolute Gasteiger partial charge is 0.506 e. The lowest BCUT2D eigenvalue weighted by Crippen LogP contribution is -1.89. The number of phenols is 1. The third-order valence-corrected chi connectivity index (χ3v) is 2.45. The summed E-state index contributed by atoms with van der Waals surface area (Å²) in [6, 6.07) is 7.35. The van der Waals surface area contributed by atoms with E-state index in [4.69, 9.17) is 5.26 Å². The molecule has 2 heteroatoms. The summed E-state index contributed by atoms with van der Waals surface area (Å²) < 4.78 is 0. The minimum Gasteiger partial charge on any atom is -0.506 e. The van der Waals surface area contributed by atoms with Crippen molar-refractivity contribution in [2.45, 2.75) is 19.3 Å². The van der Waals surface area contributed by atoms with Crippen LogP contribution in [0.4, 0.5) is 0 Å². The number of rotatable bonds is 2. The molecule has 1 saturated carbocycles. The lowest BCUT2D eigenvalue weighted by molar-refractivity contribution is 0.464. The normalized spacial score (nSPS) is 15.3. The van der Waals surface area contributed by atoms with E-state index >= 15 is 0 Å². The lowest BCUT2D eigenvalue weighted by atomic mass is 10.0. The number of benzene rings is 1. The topological polar surface area (TPSA) is 44.0 Å². The van der Waals surface area contributed by atoms with Gasteiger partial charge < -0.3 is 5.11 Å². The molecule has 1 fully saturated rings. The van der Waals surface area contributed by atoms with Crippen molar-refractivity contribution in [3.63, 3.8) is 0 Å². The zero-order chi connectivity index (χ0) is 9.26. The van der Waals surface area contributed by atoms with Gasteiger partial charge in [0, 0.05) is 0 Å². The number of nitriles is 1. The summed E-state index contributed by atoms with van der Waals surface area (Å²) in [6.07, 6.45) is 3.44. The Kier molecular flexibility index (Phi) is 1.94. The first-order valence-corrected chi connectivity index (χ1v) is 4.52. The maximum absolute atomic E-state index is 9.64. The third-order valence-electron chi connectivity index (χ3n) is 2.45. The fourth-order valence-electron chi connectivity index (χ4n) is 1.48. The molecule has 0 saturated heterocycles. The van der Waals surface area contributed by atoms with Gasteiger partial charge in [-0.2, -0.15) is 5.26 Å². The van der Waals surface area contributed by atoms with E-state index in [1.54, 1.807) is 6.07 Å². The molecule has 0 radical (unpaired) electrons. The molecule has 1 N–H and O–H groups in total. The van der Waals surface area contributed by atoms with Crippen molar-refractivity contribution in [2.75, 3.05) is 0 Å². The van der Waals surface area contributed by atoms with Gasteiger partial charge in [0.05, 0.1) is 5.56 Å². The van der Waals surface area contributed by atoms with Crippen molar-refractivity contribution in [3.8, 4) is 11.8 Å². The van der Waals surface area contributed by atoms with Crippen molar-refractivity contribution >= 4 is 0 Å². The summed E-state index contributed by atoms with van der Waals surface area (Å²) in [5.74, 6) is 0.914. The second kappa shape index (κ2) is 3.10. The molecule has 1 aliphatic rings. The van der Waals surface area contributed by atoms with Gasteiger partial charge in [-0.15, -0.1) is 0 Å². The van der Waals surface area contributed by atoms with E-state index in [0.717, 1.165) is 17.9 Å². The Morgan fingerprint density at radius 3 is 2.85 bits per heavy atom. The number of para-hydroxylation sites is 1. The SMILES string of the molecule is N#Cc1cccc(CC2CC2)c1O. The highest BCUT2D eigenvalue weighted by molar-refractivity contribution is 5.47. The zero-order valence-electron chi connectivity index (χ0n) is 7.33. The van der Waals surface area contributed by atoms with Crippen LogP contribution >= 0.6 is 0 Å². The monoisotopic (exact) mass is 173 g/mol. The molecule has 0 aromatic heterocycles. The van der Waals surface area contributed by atoms with Gasteiger partial charge in [0.2, 0.25) is 0 Å². The first kappa shape index (κ1) is 8.12. The van der Waals surface area contributed by atoms with Crippen molar-refractivity contribution in [3.05, 3.63) is 29.3 Å². The van der Waals surface area contributed by atoms with Crippen LogP contribution in [-0.4, -0.2) is 5.11 Å². The fraction of sp³-hybridized carbons (Fsp3) is 0.364. The molecule has 1 aromatic carbocycles. The van der Waals surface area contributed by atoms with Gasteiger partial charge in [-0.05, 0) is 36.8 Å². The molecule has 1 aliphatic carbocycles. The predicted octanol–water partition coefficient (Wildman–Crippen LogP) is 2.22. The van der Waals surface area contributed by atoms with Crippen LogP contribution in [0.5, 0.6) is 5.75 Å². The molecule has 13 heavy (non-hydrogen) atoms. The van der Waals surface area contributed by atoms with Crippen LogP contribution in [0.2, 0.25) is 0 Å². The Morgan fingerprint density at radius 2 is 2.23 bits per heavy atom. The quantitative estimate of drug-likeness (QED) is 0.745. The van der Waals surface area contributed by atoms with Crippen LogP contribution in [0.1, 0.15) is 24.0 Å². The highest BCUT2D eigenvalue weighted by Gasteiger charge is 2.23. The van der Waals surface area contributed by atoms with Crippen LogP contribution in [0.3, 0.4) is 0 Å². The fourth-order valence-corrected chi connectivity index (χ4v) is 1.48. The summed E-state index contributed by atoms with van der Waals surface area (Å²) >= 11 is 0. The molecule has 2 rings (SSSR count). The van der Waals surface area contributed by atoms with Crippen LogP contribution in [-0.2, 0) is 6.42 Å². The molecule has 1 aromatic rings. The minimum absolute atomic E-state index is 0.178. The number of aromatic hydroxyl groups is 1. The van der Waals surface area contributed by atoms with Gasteiger partial charge in [-0.25, -0.2) is 0 Å². The molecule has 0 aliphatic heterocycles. The van der Waals surface area contributed by atoms with Gasteiger partial charge in [0.1, 0.15) is 11.8 Å². The molecule has 0 bridgehead atoms. The van der Waals surface area contributed by atoms with E-state index in [2.05, 4.69) is 0 Å². The van der Waals surface area contributed by atoms with Crippen molar-refractivity contribution < 1.29 is 5.11 Å². The molecule has 66 valence electrons. The van der Waals surface area contributed by atoms with E-state index in [0.29, 0.717) is 5.56 Å². The van der Waals surface area contributed by atoms with Crippen LogP contribution < -0.4 is 0 Å².